The van der Waals surface area contributed by atoms with Crippen molar-refractivity contribution in [2.24, 2.45) is 0 Å². The molecule has 0 saturated heterocycles. The summed E-state index contributed by atoms with van der Waals surface area (Å²) in [6, 6.07) is 9.88. The Morgan fingerprint density at radius 1 is 1.24 bits per heavy atom. The zero-order valence-electron chi connectivity index (χ0n) is 14.2. The second kappa shape index (κ2) is 6.35. The van der Waals surface area contributed by atoms with Crippen molar-refractivity contribution in [3.63, 3.8) is 0 Å². The molecule has 0 aromatic heterocycles. The lowest BCUT2D eigenvalue weighted by Gasteiger charge is -2.20. The van der Waals surface area contributed by atoms with Gasteiger partial charge in [0.2, 0.25) is 5.91 Å². The molecule has 1 atom stereocenters. The van der Waals surface area contributed by atoms with Crippen molar-refractivity contribution in [2.75, 3.05) is 9.62 Å². The molecule has 0 bridgehead atoms. The smallest absolute Gasteiger partial charge is 0.261 e. The van der Waals surface area contributed by atoms with Gasteiger partial charge in [-0.15, -0.1) is 0 Å². The molecule has 5 nitrogen and oxygen atoms in total. The first kappa shape index (κ1) is 17.8. The van der Waals surface area contributed by atoms with Crippen LogP contribution in [0.1, 0.15) is 25.0 Å². The molecule has 25 heavy (non-hydrogen) atoms. The number of amides is 1. The van der Waals surface area contributed by atoms with Crippen molar-refractivity contribution in [1.29, 1.82) is 0 Å². The van der Waals surface area contributed by atoms with Gasteiger partial charge < -0.3 is 4.90 Å². The van der Waals surface area contributed by atoms with Crippen molar-refractivity contribution in [3.8, 4) is 0 Å². The fourth-order valence-corrected chi connectivity index (χ4v) is 4.41. The maximum Gasteiger partial charge on any atom is 0.261 e. The van der Waals surface area contributed by atoms with E-state index in [9.17, 15) is 13.2 Å². The molecule has 0 spiro atoms. The maximum absolute atomic E-state index is 12.7. The minimum absolute atomic E-state index is 0.0225. The number of fused-ring (bicyclic) bond motifs is 1. The Balaban J connectivity index is 1.93. The molecule has 0 saturated carbocycles. The van der Waals surface area contributed by atoms with E-state index in [0.29, 0.717) is 17.1 Å². The van der Waals surface area contributed by atoms with E-state index in [-0.39, 0.29) is 16.8 Å². The summed E-state index contributed by atoms with van der Waals surface area (Å²) in [7, 11) is -3.73. The van der Waals surface area contributed by atoms with E-state index >= 15 is 0 Å². The first-order valence-electron chi connectivity index (χ1n) is 7.91. The van der Waals surface area contributed by atoms with E-state index < -0.39 is 10.0 Å². The van der Waals surface area contributed by atoms with Gasteiger partial charge >= 0.3 is 0 Å². The summed E-state index contributed by atoms with van der Waals surface area (Å²) >= 11 is 6.05. The van der Waals surface area contributed by atoms with Gasteiger partial charge in [-0.3, -0.25) is 9.52 Å². The first-order valence-corrected chi connectivity index (χ1v) is 9.77. The van der Waals surface area contributed by atoms with Crippen LogP contribution < -0.4 is 9.62 Å². The lowest BCUT2D eigenvalue weighted by molar-refractivity contribution is -0.116. The summed E-state index contributed by atoms with van der Waals surface area (Å²) in [4.78, 5) is 13.6. The summed E-state index contributed by atoms with van der Waals surface area (Å²) in [6.07, 6.45) is 0.634. The molecule has 2 aromatic rings. The molecule has 1 amide bonds. The number of carbonyl (C=O) groups is 1. The normalized spacial score (nSPS) is 16.6. The van der Waals surface area contributed by atoms with Gasteiger partial charge in [-0.1, -0.05) is 17.7 Å². The number of aryl methyl sites for hydroxylation is 1. The molecule has 132 valence electrons. The Morgan fingerprint density at radius 3 is 2.60 bits per heavy atom. The zero-order valence-corrected chi connectivity index (χ0v) is 15.8. The molecule has 1 N–H and O–H groups in total. The predicted molar refractivity (Wildman–Crippen MR) is 99.8 cm³/mol. The molecule has 1 unspecified atom stereocenters. The molecular formula is C18H19ClN2O3S. The van der Waals surface area contributed by atoms with Gasteiger partial charge in [0, 0.05) is 23.7 Å². The fourth-order valence-electron chi connectivity index (χ4n) is 3.12. The van der Waals surface area contributed by atoms with Crippen LogP contribution in [0.4, 0.5) is 11.4 Å². The predicted octanol–water partition coefficient (Wildman–Crippen LogP) is 3.75. The minimum atomic E-state index is -3.73. The van der Waals surface area contributed by atoms with Crippen LogP contribution in [-0.4, -0.2) is 20.4 Å². The third-order valence-electron chi connectivity index (χ3n) is 4.34. The highest BCUT2D eigenvalue weighted by Crippen LogP contribution is 2.34. The summed E-state index contributed by atoms with van der Waals surface area (Å²) in [5, 5.41) is 0.500. The highest BCUT2D eigenvalue weighted by molar-refractivity contribution is 7.92. The molecule has 0 aliphatic carbocycles. The number of nitrogens with one attached hydrogen (secondary N) is 1. The van der Waals surface area contributed by atoms with E-state index in [4.69, 9.17) is 11.6 Å². The van der Waals surface area contributed by atoms with Crippen LogP contribution in [0.3, 0.4) is 0 Å². The van der Waals surface area contributed by atoms with Gasteiger partial charge in [0.15, 0.2) is 0 Å². The average Bonchev–Trinajstić information content (AvgIpc) is 2.85. The van der Waals surface area contributed by atoms with Gasteiger partial charge in [0.25, 0.3) is 10.0 Å². The first-order chi connectivity index (χ1) is 11.7. The summed E-state index contributed by atoms with van der Waals surface area (Å²) in [5.74, 6) is -0.0470. The lowest BCUT2D eigenvalue weighted by atomic mass is 10.1. The quantitative estimate of drug-likeness (QED) is 0.884. The Bertz CT molecular complexity index is 957. The molecule has 1 aliphatic heterocycles. The Morgan fingerprint density at radius 2 is 1.96 bits per heavy atom. The molecule has 1 heterocycles. The number of anilines is 2. The molecule has 2 aromatic carbocycles. The van der Waals surface area contributed by atoms with Crippen molar-refractivity contribution in [1.82, 2.24) is 0 Å². The van der Waals surface area contributed by atoms with Crippen LogP contribution in [-0.2, 0) is 21.2 Å². The van der Waals surface area contributed by atoms with Gasteiger partial charge in [-0.05, 0) is 61.7 Å². The van der Waals surface area contributed by atoms with Gasteiger partial charge in [-0.25, -0.2) is 8.42 Å². The summed E-state index contributed by atoms with van der Waals surface area (Å²) < 4.78 is 27.9. The fraction of sp³-hybridized carbons (Fsp3) is 0.278. The second-order valence-corrected chi connectivity index (χ2v) is 8.39. The van der Waals surface area contributed by atoms with Crippen LogP contribution in [0, 0.1) is 6.92 Å². The number of sulfonamides is 1. The van der Waals surface area contributed by atoms with Gasteiger partial charge in [0.1, 0.15) is 0 Å². The Hall–Kier alpha value is -2.05. The van der Waals surface area contributed by atoms with Crippen LogP contribution >= 0.6 is 11.6 Å². The topological polar surface area (TPSA) is 66.5 Å². The van der Waals surface area contributed by atoms with E-state index in [1.165, 1.54) is 13.0 Å². The highest BCUT2D eigenvalue weighted by atomic mass is 35.5. The standard InChI is InChI=1S/C18H19ClN2O3S/c1-11-4-5-15(10-17(11)19)20-25(23,24)16-6-7-18-14(9-16)8-12(2)21(18)13(3)22/h4-7,9-10,12,20H,8H2,1-3H3. The Kier molecular flexibility index (Phi) is 4.51. The number of hydrogen-bond donors (Lipinski definition) is 1. The van der Waals surface area contributed by atoms with E-state index in [0.717, 1.165) is 16.8 Å². The second-order valence-electron chi connectivity index (χ2n) is 6.30. The largest absolute Gasteiger partial charge is 0.309 e. The van der Waals surface area contributed by atoms with Crippen molar-refractivity contribution < 1.29 is 13.2 Å². The monoisotopic (exact) mass is 378 g/mol. The van der Waals surface area contributed by atoms with Crippen LogP contribution in [0.5, 0.6) is 0 Å². The average molecular weight is 379 g/mol. The Labute approximate surface area is 152 Å². The molecule has 7 heteroatoms. The number of rotatable bonds is 3. The van der Waals surface area contributed by atoms with E-state index in [2.05, 4.69) is 4.72 Å². The van der Waals surface area contributed by atoms with Crippen LogP contribution in [0.2, 0.25) is 5.02 Å². The molecular weight excluding hydrogens is 360 g/mol. The zero-order chi connectivity index (χ0) is 18.4. The molecule has 1 aliphatic rings. The van der Waals surface area contributed by atoms with Crippen LogP contribution in [0.25, 0.3) is 0 Å². The minimum Gasteiger partial charge on any atom is -0.309 e. The number of halogens is 1. The van der Waals surface area contributed by atoms with Gasteiger partial charge in [-0.2, -0.15) is 0 Å². The number of carbonyl (C=O) groups excluding carboxylic acids is 1. The van der Waals surface area contributed by atoms with E-state index in [1.807, 2.05) is 13.8 Å². The molecule has 0 radical (unpaired) electrons. The number of benzene rings is 2. The highest BCUT2D eigenvalue weighted by Gasteiger charge is 2.30. The van der Waals surface area contributed by atoms with Gasteiger partial charge in [0.05, 0.1) is 10.6 Å². The molecule has 3 rings (SSSR count). The van der Waals surface area contributed by atoms with Crippen molar-refractivity contribution in [3.05, 3.63) is 52.5 Å². The third kappa shape index (κ3) is 3.37. The third-order valence-corrected chi connectivity index (χ3v) is 6.13. The number of nitrogens with zero attached hydrogens (tertiary/aromatic N) is 1. The number of hydrogen-bond acceptors (Lipinski definition) is 3. The lowest BCUT2D eigenvalue weighted by Crippen LogP contribution is -2.33. The van der Waals surface area contributed by atoms with Crippen molar-refractivity contribution in [2.45, 2.75) is 38.1 Å². The summed E-state index contributed by atoms with van der Waals surface area (Å²) in [5.41, 5.74) is 2.92. The summed E-state index contributed by atoms with van der Waals surface area (Å²) in [6.45, 7) is 5.31. The maximum atomic E-state index is 12.7. The SMILES string of the molecule is CC(=O)N1c2ccc(S(=O)(=O)Nc3ccc(C)c(Cl)c3)cc2CC1C. The van der Waals surface area contributed by atoms with Crippen LogP contribution in [0.15, 0.2) is 41.3 Å². The van der Waals surface area contributed by atoms with Crippen molar-refractivity contribution >= 4 is 38.9 Å². The molecule has 0 fully saturated rings. The van der Waals surface area contributed by atoms with E-state index in [1.54, 1.807) is 35.2 Å².